The number of furan rings is 1. The van der Waals surface area contributed by atoms with Gasteiger partial charge in [0.2, 0.25) is 0 Å². The fraction of sp³-hybridized carbons (Fsp3) is 0.778. The molecule has 118 valence electrons. The van der Waals surface area contributed by atoms with Crippen molar-refractivity contribution in [3.05, 3.63) is 23.2 Å². The zero-order valence-electron chi connectivity index (χ0n) is 13.7. The highest BCUT2D eigenvalue weighted by Crippen LogP contribution is 2.36. The molecular formula is C18H30N2O. The number of hydrogen-bond acceptors (Lipinski definition) is 3. The lowest BCUT2D eigenvalue weighted by atomic mass is 9.78. The van der Waals surface area contributed by atoms with Crippen molar-refractivity contribution < 1.29 is 4.42 Å². The van der Waals surface area contributed by atoms with Crippen molar-refractivity contribution in [2.75, 3.05) is 13.1 Å². The maximum Gasteiger partial charge on any atom is 0.118 e. The van der Waals surface area contributed by atoms with E-state index in [0.29, 0.717) is 0 Å². The molecule has 0 radical (unpaired) electrons. The highest BCUT2D eigenvalue weighted by molar-refractivity contribution is 5.21. The summed E-state index contributed by atoms with van der Waals surface area (Å²) in [4.78, 5) is 2.74. The van der Waals surface area contributed by atoms with Gasteiger partial charge in [-0.15, -0.1) is 0 Å². The van der Waals surface area contributed by atoms with E-state index in [1.807, 2.05) is 0 Å². The Hall–Kier alpha value is -0.800. The molecule has 0 spiro atoms. The molecule has 21 heavy (non-hydrogen) atoms. The molecule has 0 amide bonds. The molecule has 1 saturated heterocycles. The first-order valence-corrected chi connectivity index (χ1v) is 8.81. The summed E-state index contributed by atoms with van der Waals surface area (Å²) in [5.74, 6) is 3.16. The van der Waals surface area contributed by atoms with Gasteiger partial charge in [0.25, 0.3) is 0 Å². The predicted octanol–water partition coefficient (Wildman–Crippen LogP) is 3.85. The van der Waals surface area contributed by atoms with Crippen LogP contribution in [0.15, 0.2) is 10.5 Å². The van der Waals surface area contributed by atoms with Crippen LogP contribution in [0, 0.1) is 12.8 Å². The van der Waals surface area contributed by atoms with Crippen molar-refractivity contribution in [2.24, 2.45) is 5.92 Å². The molecule has 3 rings (SSSR count). The summed E-state index contributed by atoms with van der Waals surface area (Å²) in [6, 6.07) is 3.10. The molecule has 1 aliphatic heterocycles. The first-order valence-electron chi connectivity index (χ1n) is 8.81. The average molecular weight is 290 g/mol. The molecule has 0 bridgehead atoms. The lowest BCUT2D eigenvalue weighted by molar-refractivity contribution is 0.0544. The van der Waals surface area contributed by atoms with Crippen LogP contribution in [0.5, 0.6) is 0 Å². The van der Waals surface area contributed by atoms with E-state index in [-0.39, 0.29) is 0 Å². The highest BCUT2D eigenvalue weighted by atomic mass is 16.3. The Morgan fingerprint density at radius 2 is 2.05 bits per heavy atom. The van der Waals surface area contributed by atoms with E-state index >= 15 is 0 Å². The van der Waals surface area contributed by atoms with Gasteiger partial charge < -0.3 is 9.73 Å². The standard InChI is InChI=1S/C18H30N2O/c1-3-19-12-17-11-16(14(2)21-17)13-20-10-6-8-15-7-4-5-9-18(15)20/h11,15,18-19H,3-10,12-13H2,1-2H3. The minimum atomic E-state index is 0.832. The number of piperidine rings is 1. The van der Waals surface area contributed by atoms with Crippen LogP contribution in [-0.2, 0) is 13.1 Å². The van der Waals surface area contributed by atoms with E-state index in [1.165, 1.54) is 50.6 Å². The van der Waals surface area contributed by atoms with Gasteiger partial charge in [0.1, 0.15) is 11.5 Å². The van der Waals surface area contributed by atoms with Crippen LogP contribution in [0.3, 0.4) is 0 Å². The topological polar surface area (TPSA) is 28.4 Å². The number of rotatable bonds is 5. The van der Waals surface area contributed by atoms with Crippen LogP contribution in [0.1, 0.15) is 62.5 Å². The number of hydrogen-bond donors (Lipinski definition) is 1. The van der Waals surface area contributed by atoms with Gasteiger partial charge in [0.05, 0.1) is 6.54 Å². The maximum atomic E-state index is 5.91. The number of likely N-dealkylation sites (tertiary alicyclic amines) is 1. The molecule has 3 nitrogen and oxygen atoms in total. The summed E-state index contributed by atoms with van der Waals surface area (Å²) in [5, 5.41) is 3.35. The Bertz CT molecular complexity index is 452. The molecule has 2 heterocycles. The molecule has 1 N–H and O–H groups in total. The van der Waals surface area contributed by atoms with E-state index < -0.39 is 0 Å². The molecule has 2 fully saturated rings. The molecule has 2 atom stereocenters. The lowest BCUT2D eigenvalue weighted by Crippen LogP contribution is -2.46. The van der Waals surface area contributed by atoms with Crippen LogP contribution >= 0.6 is 0 Å². The van der Waals surface area contributed by atoms with Crippen LogP contribution < -0.4 is 5.32 Å². The van der Waals surface area contributed by atoms with Crippen molar-refractivity contribution in [3.63, 3.8) is 0 Å². The van der Waals surface area contributed by atoms with Crippen LogP contribution in [0.4, 0.5) is 0 Å². The van der Waals surface area contributed by atoms with E-state index in [2.05, 4.69) is 30.1 Å². The molecular weight excluding hydrogens is 260 g/mol. The number of aryl methyl sites for hydroxylation is 1. The zero-order valence-corrected chi connectivity index (χ0v) is 13.7. The third-order valence-corrected chi connectivity index (χ3v) is 5.35. The quantitative estimate of drug-likeness (QED) is 0.893. The minimum Gasteiger partial charge on any atom is -0.465 e. The second-order valence-electron chi connectivity index (χ2n) is 6.80. The second kappa shape index (κ2) is 6.97. The monoisotopic (exact) mass is 290 g/mol. The van der Waals surface area contributed by atoms with E-state index in [1.54, 1.807) is 0 Å². The van der Waals surface area contributed by atoms with Crippen molar-refractivity contribution in [1.82, 2.24) is 10.2 Å². The summed E-state index contributed by atoms with van der Waals surface area (Å²) < 4.78 is 5.91. The SMILES string of the molecule is CCNCc1cc(CN2CCCC3CCCCC32)c(C)o1. The van der Waals surface area contributed by atoms with Crippen LogP contribution in [0.25, 0.3) is 0 Å². The van der Waals surface area contributed by atoms with Crippen LogP contribution in [0.2, 0.25) is 0 Å². The minimum absolute atomic E-state index is 0.832. The van der Waals surface area contributed by atoms with Gasteiger partial charge in [-0.2, -0.15) is 0 Å². The molecule has 1 aliphatic carbocycles. The predicted molar refractivity (Wildman–Crippen MR) is 86.2 cm³/mol. The molecule has 1 aromatic rings. The van der Waals surface area contributed by atoms with Crippen LogP contribution in [-0.4, -0.2) is 24.0 Å². The Labute approximate surface area is 129 Å². The third-order valence-electron chi connectivity index (χ3n) is 5.35. The number of nitrogens with zero attached hydrogens (tertiary/aromatic N) is 1. The van der Waals surface area contributed by atoms with Gasteiger partial charge in [-0.3, -0.25) is 4.90 Å². The summed E-state index contributed by atoms with van der Waals surface area (Å²) >= 11 is 0. The van der Waals surface area contributed by atoms with Crippen molar-refractivity contribution in [2.45, 2.75) is 71.5 Å². The zero-order chi connectivity index (χ0) is 14.7. The molecule has 2 unspecified atom stereocenters. The number of fused-ring (bicyclic) bond motifs is 1. The molecule has 0 aromatic carbocycles. The Balaban J connectivity index is 1.66. The van der Waals surface area contributed by atoms with Gasteiger partial charge in [0, 0.05) is 18.2 Å². The third kappa shape index (κ3) is 3.51. The fourth-order valence-electron chi connectivity index (χ4n) is 4.22. The maximum absolute atomic E-state index is 5.91. The molecule has 2 aliphatic rings. The normalized spacial score (nSPS) is 26.8. The van der Waals surface area contributed by atoms with E-state index in [4.69, 9.17) is 4.42 Å². The summed E-state index contributed by atoms with van der Waals surface area (Å²) in [6.45, 7) is 8.45. The van der Waals surface area contributed by atoms with Gasteiger partial charge >= 0.3 is 0 Å². The lowest BCUT2D eigenvalue weighted by Gasteiger charge is -2.44. The first kappa shape index (κ1) is 15.1. The largest absolute Gasteiger partial charge is 0.465 e. The highest BCUT2D eigenvalue weighted by Gasteiger charge is 2.33. The second-order valence-corrected chi connectivity index (χ2v) is 6.80. The van der Waals surface area contributed by atoms with Gasteiger partial charge in [-0.1, -0.05) is 19.8 Å². The van der Waals surface area contributed by atoms with Gasteiger partial charge in [-0.25, -0.2) is 0 Å². The van der Waals surface area contributed by atoms with Gasteiger partial charge in [-0.05, 0) is 57.7 Å². The summed E-state index contributed by atoms with van der Waals surface area (Å²) in [7, 11) is 0. The Morgan fingerprint density at radius 1 is 1.24 bits per heavy atom. The molecule has 1 saturated carbocycles. The van der Waals surface area contributed by atoms with E-state index in [9.17, 15) is 0 Å². The summed E-state index contributed by atoms with van der Waals surface area (Å²) in [5.41, 5.74) is 1.40. The average Bonchev–Trinajstić information content (AvgIpc) is 2.86. The van der Waals surface area contributed by atoms with Gasteiger partial charge in [0.15, 0.2) is 0 Å². The number of nitrogens with one attached hydrogen (secondary N) is 1. The fourth-order valence-corrected chi connectivity index (χ4v) is 4.22. The van der Waals surface area contributed by atoms with Crippen molar-refractivity contribution in [3.8, 4) is 0 Å². The Morgan fingerprint density at radius 3 is 2.90 bits per heavy atom. The van der Waals surface area contributed by atoms with E-state index in [0.717, 1.165) is 43.1 Å². The molecule has 3 heteroatoms. The first-order chi connectivity index (χ1) is 10.3. The van der Waals surface area contributed by atoms with Crippen molar-refractivity contribution >= 4 is 0 Å². The summed E-state index contributed by atoms with van der Waals surface area (Å²) in [6.07, 6.45) is 8.57. The van der Waals surface area contributed by atoms with Crippen molar-refractivity contribution in [1.29, 1.82) is 0 Å². The Kier molecular flexibility index (Phi) is 5.02. The smallest absolute Gasteiger partial charge is 0.118 e. The molecule has 1 aromatic heterocycles.